The topological polar surface area (TPSA) is 134 Å². The van der Waals surface area contributed by atoms with Gasteiger partial charge in [-0.25, -0.2) is 4.57 Å². The van der Waals surface area contributed by atoms with Crippen molar-refractivity contribution in [3.63, 3.8) is 0 Å². The number of rotatable bonds is 63. The largest absolute Gasteiger partial charge is 0.472 e. The smallest absolute Gasteiger partial charge is 0.462 e. The summed E-state index contributed by atoms with van der Waals surface area (Å²) >= 11 is 0. The number of nitrogens with two attached hydrogens (primary N) is 1. The van der Waals surface area contributed by atoms with Gasteiger partial charge in [0, 0.05) is 19.4 Å². The lowest BCUT2D eigenvalue weighted by molar-refractivity contribution is -0.161. The van der Waals surface area contributed by atoms with Crippen molar-refractivity contribution in [2.75, 3.05) is 26.4 Å². The molecule has 2 unspecified atom stereocenters. The summed E-state index contributed by atoms with van der Waals surface area (Å²) in [7, 11) is -4.39. The molecule has 460 valence electrons. The van der Waals surface area contributed by atoms with E-state index in [0.29, 0.717) is 6.42 Å². The van der Waals surface area contributed by atoms with Crippen molar-refractivity contribution >= 4 is 19.8 Å². The minimum Gasteiger partial charge on any atom is -0.462 e. The zero-order chi connectivity index (χ0) is 57.3. The second-order valence-corrected chi connectivity index (χ2v) is 23.8. The standard InChI is InChI=1S/C69H126NO8P/c1-3-5-7-9-11-13-15-17-19-21-23-25-27-29-30-31-32-33-34-35-36-38-40-42-44-46-48-50-52-54-56-58-60-62-69(72)78-67(66-77-79(73,74)76-64-63-70)65-75-68(71)61-59-57-55-53-51-49-47-45-43-41-39-37-28-26-24-22-20-18-16-14-12-10-8-6-4-2/h15-18,21-24,27-29,37,67H,3-14,19-20,25-26,30-36,38-66,70H2,1-2H3,(H,73,74)/b17-15-,18-16-,23-21-,24-22-,29-27-,37-28-. The van der Waals surface area contributed by atoms with Gasteiger partial charge in [0.05, 0.1) is 13.2 Å². The highest BCUT2D eigenvalue weighted by Crippen LogP contribution is 2.43. The molecule has 2 atom stereocenters. The Bertz CT molecular complexity index is 1520. The van der Waals surface area contributed by atoms with E-state index in [0.717, 1.165) is 64.2 Å². The molecule has 0 saturated carbocycles. The molecule has 0 aromatic rings. The van der Waals surface area contributed by atoms with Crippen molar-refractivity contribution in [1.29, 1.82) is 0 Å². The molecule has 0 spiro atoms. The second kappa shape index (κ2) is 64.6. The van der Waals surface area contributed by atoms with Crippen LogP contribution in [0, 0.1) is 0 Å². The SMILES string of the molecule is CCCCCCC/C=C\C/C=C\C/C=C\CCCCCCCCCCCCCCCCCCCCC(=O)OC(COC(=O)CCCCCCCCCCCC/C=C\C/C=C\C/C=C\CCCCCCC)COP(=O)(O)OCCN. The molecule has 9 nitrogen and oxygen atoms in total. The Balaban J connectivity index is 3.89. The molecule has 0 bridgehead atoms. The lowest BCUT2D eigenvalue weighted by Crippen LogP contribution is -2.29. The number of carbonyl (C=O) groups is 2. The number of unbranched alkanes of at least 4 members (excludes halogenated alkanes) is 38. The Hall–Kier alpha value is -2.55. The first-order chi connectivity index (χ1) is 38.8. The molecule has 0 rings (SSSR count). The van der Waals surface area contributed by atoms with Crippen molar-refractivity contribution in [3.8, 4) is 0 Å². The van der Waals surface area contributed by atoms with Crippen LogP contribution in [0.1, 0.15) is 322 Å². The average molecular weight is 1130 g/mol. The molecule has 0 amide bonds. The lowest BCUT2D eigenvalue weighted by atomic mass is 10.0. The quantitative estimate of drug-likeness (QED) is 0.0264. The Morgan fingerprint density at radius 1 is 0.380 bits per heavy atom. The van der Waals surface area contributed by atoms with Crippen molar-refractivity contribution in [2.45, 2.75) is 328 Å². The number of hydrogen-bond acceptors (Lipinski definition) is 8. The summed E-state index contributed by atoms with van der Waals surface area (Å²) in [5.74, 6) is -0.821. The third-order valence-corrected chi connectivity index (χ3v) is 15.5. The Morgan fingerprint density at radius 3 is 0.975 bits per heavy atom. The molecule has 0 aromatic heterocycles. The summed E-state index contributed by atoms with van der Waals surface area (Å²) in [6, 6.07) is 0. The van der Waals surface area contributed by atoms with Crippen LogP contribution in [0.2, 0.25) is 0 Å². The van der Waals surface area contributed by atoms with Gasteiger partial charge in [0.1, 0.15) is 6.61 Å². The number of phosphoric acid groups is 1. The van der Waals surface area contributed by atoms with Gasteiger partial charge in [-0.2, -0.15) is 0 Å². The second-order valence-electron chi connectivity index (χ2n) is 22.3. The van der Waals surface area contributed by atoms with Crippen LogP contribution in [-0.2, 0) is 32.7 Å². The predicted molar refractivity (Wildman–Crippen MR) is 339 cm³/mol. The van der Waals surface area contributed by atoms with Crippen molar-refractivity contribution in [2.24, 2.45) is 5.73 Å². The minimum atomic E-state index is -4.39. The summed E-state index contributed by atoms with van der Waals surface area (Å²) in [4.78, 5) is 35.3. The van der Waals surface area contributed by atoms with Gasteiger partial charge >= 0.3 is 19.8 Å². The van der Waals surface area contributed by atoms with E-state index in [2.05, 4.69) is 86.8 Å². The van der Waals surface area contributed by atoms with Crippen LogP contribution >= 0.6 is 7.82 Å². The molecule has 0 aromatic carbocycles. The van der Waals surface area contributed by atoms with E-state index in [9.17, 15) is 19.0 Å². The number of phosphoric ester groups is 1. The maximum atomic E-state index is 12.8. The fourth-order valence-corrected chi connectivity index (χ4v) is 10.4. The van der Waals surface area contributed by atoms with Crippen molar-refractivity contribution in [3.05, 3.63) is 72.9 Å². The fraction of sp³-hybridized carbons (Fsp3) is 0.797. The fourth-order valence-electron chi connectivity index (χ4n) is 9.59. The zero-order valence-corrected chi connectivity index (χ0v) is 52.5. The van der Waals surface area contributed by atoms with Gasteiger partial charge in [-0.05, 0) is 89.9 Å². The van der Waals surface area contributed by atoms with E-state index >= 15 is 0 Å². The number of allylic oxidation sites excluding steroid dienone is 12. The molecule has 0 heterocycles. The molecule has 0 radical (unpaired) electrons. The summed E-state index contributed by atoms with van der Waals surface area (Å²) in [6.07, 6.45) is 84.1. The molecule has 0 saturated heterocycles. The van der Waals surface area contributed by atoms with Crippen molar-refractivity contribution < 1.29 is 37.6 Å². The summed E-state index contributed by atoms with van der Waals surface area (Å²) < 4.78 is 33.1. The molecule has 3 N–H and O–H groups in total. The molecule has 0 aliphatic carbocycles. The first-order valence-electron chi connectivity index (χ1n) is 33.4. The van der Waals surface area contributed by atoms with Gasteiger partial charge in [-0.15, -0.1) is 0 Å². The van der Waals surface area contributed by atoms with Gasteiger partial charge < -0.3 is 20.1 Å². The van der Waals surface area contributed by atoms with Gasteiger partial charge in [0.2, 0.25) is 0 Å². The molecule has 0 aliphatic heterocycles. The summed E-state index contributed by atoms with van der Waals surface area (Å²) in [5.41, 5.74) is 5.40. The number of carbonyl (C=O) groups excluding carboxylic acids is 2. The number of esters is 2. The van der Waals surface area contributed by atoms with Crippen LogP contribution < -0.4 is 5.73 Å². The van der Waals surface area contributed by atoms with Gasteiger partial charge in [0.25, 0.3) is 0 Å². The first kappa shape index (κ1) is 76.5. The Morgan fingerprint density at radius 2 is 0.658 bits per heavy atom. The third-order valence-electron chi connectivity index (χ3n) is 14.6. The Kier molecular flexibility index (Phi) is 62.5. The monoisotopic (exact) mass is 1130 g/mol. The molecule has 10 heteroatoms. The average Bonchev–Trinajstić information content (AvgIpc) is 3.44. The predicted octanol–water partition coefficient (Wildman–Crippen LogP) is 21.6. The van der Waals surface area contributed by atoms with Gasteiger partial charge in [0.15, 0.2) is 6.10 Å². The van der Waals surface area contributed by atoms with Crippen LogP contribution in [0.4, 0.5) is 0 Å². The summed E-state index contributed by atoms with van der Waals surface area (Å²) in [5, 5.41) is 0. The van der Waals surface area contributed by atoms with E-state index in [1.165, 1.54) is 225 Å². The highest BCUT2D eigenvalue weighted by Gasteiger charge is 2.26. The summed E-state index contributed by atoms with van der Waals surface area (Å²) in [6.45, 7) is 3.76. The van der Waals surface area contributed by atoms with Crippen LogP contribution in [0.25, 0.3) is 0 Å². The van der Waals surface area contributed by atoms with E-state index in [1.807, 2.05) is 0 Å². The van der Waals surface area contributed by atoms with E-state index in [-0.39, 0.29) is 38.6 Å². The van der Waals surface area contributed by atoms with E-state index in [4.69, 9.17) is 24.3 Å². The van der Waals surface area contributed by atoms with Crippen LogP contribution in [0.3, 0.4) is 0 Å². The van der Waals surface area contributed by atoms with Gasteiger partial charge in [-0.1, -0.05) is 292 Å². The van der Waals surface area contributed by atoms with E-state index < -0.39 is 26.5 Å². The van der Waals surface area contributed by atoms with E-state index in [1.54, 1.807) is 0 Å². The Labute approximate surface area is 488 Å². The molecular weight excluding hydrogens is 1000 g/mol. The minimum absolute atomic E-state index is 0.0517. The van der Waals surface area contributed by atoms with Crippen LogP contribution in [0.15, 0.2) is 72.9 Å². The molecular formula is C69H126NO8P. The molecule has 0 aliphatic rings. The number of ether oxygens (including phenoxy) is 2. The number of hydrogen-bond donors (Lipinski definition) is 2. The maximum absolute atomic E-state index is 12.8. The highest BCUT2D eigenvalue weighted by molar-refractivity contribution is 7.47. The molecule has 0 fully saturated rings. The lowest BCUT2D eigenvalue weighted by Gasteiger charge is -2.19. The third kappa shape index (κ3) is 64.5. The maximum Gasteiger partial charge on any atom is 0.472 e. The van der Waals surface area contributed by atoms with Crippen LogP contribution in [0.5, 0.6) is 0 Å². The van der Waals surface area contributed by atoms with Gasteiger partial charge in [-0.3, -0.25) is 18.6 Å². The first-order valence-corrected chi connectivity index (χ1v) is 34.9. The van der Waals surface area contributed by atoms with Crippen LogP contribution in [-0.4, -0.2) is 49.3 Å². The zero-order valence-electron chi connectivity index (χ0n) is 51.6. The molecule has 79 heavy (non-hydrogen) atoms. The normalized spacial score (nSPS) is 13.4. The highest BCUT2D eigenvalue weighted by atomic mass is 31.2. The van der Waals surface area contributed by atoms with Crippen molar-refractivity contribution in [1.82, 2.24) is 0 Å².